The van der Waals surface area contributed by atoms with E-state index in [1.807, 2.05) is 0 Å². The Labute approximate surface area is 147 Å². The molecule has 3 atom stereocenters. The lowest BCUT2D eigenvalue weighted by atomic mass is 9.53. The highest BCUT2D eigenvalue weighted by Crippen LogP contribution is 2.71. The van der Waals surface area contributed by atoms with Gasteiger partial charge in [0.2, 0.25) is 0 Å². The molecule has 118 valence electrons. The van der Waals surface area contributed by atoms with Gasteiger partial charge in [-0.3, -0.25) is 0 Å². The molecular weight excluding hydrogens is 344 g/mol. The van der Waals surface area contributed by atoms with Gasteiger partial charge >= 0.3 is 0 Å². The molecule has 0 aromatic heterocycles. The number of benzene rings is 2. The summed E-state index contributed by atoms with van der Waals surface area (Å²) in [6.45, 7) is 4.77. The van der Waals surface area contributed by atoms with Gasteiger partial charge in [-0.15, -0.1) is 0 Å². The molecule has 0 nitrogen and oxygen atoms in total. The molecule has 0 radical (unpaired) electrons. The number of fused-ring (bicyclic) bond motifs is 3. The normalized spacial score (nSPS) is 33.8. The quantitative estimate of drug-likeness (QED) is 0.497. The minimum atomic E-state index is 0.377. The Kier molecular flexibility index (Phi) is 2.80. The molecule has 0 aliphatic heterocycles. The third-order valence-corrected chi connectivity index (χ3v) is 7.81. The standard InChI is InChI=1S/C22H23Br/c1-14-4-6-18-17-7-5-16(23)13-19(17)21-9-3-10-22(21,20(18)12-14)15(2)8-11-21/h4-7,12-13,15H,3,8-11H2,1-2H3. The van der Waals surface area contributed by atoms with Crippen LogP contribution < -0.4 is 0 Å². The van der Waals surface area contributed by atoms with Crippen molar-refractivity contribution < 1.29 is 0 Å². The number of hydrogen-bond acceptors (Lipinski definition) is 0. The fourth-order valence-electron chi connectivity index (χ4n) is 6.48. The second kappa shape index (κ2) is 4.51. The summed E-state index contributed by atoms with van der Waals surface area (Å²) < 4.78 is 1.24. The smallest absolute Gasteiger partial charge is 0.0178 e. The average Bonchev–Trinajstić information content (AvgIpc) is 3.06. The van der Waals surface area contributed by atoms with E-state index in [1.165, 1.54) is 53.3 Å². The predicted molar refractivity (Wildman–Crippen MR) is 99.9 cm³/mol. The molecule has 0 amide bonds. The Morgan fingerprint density at radius 1 is 0.957 bits per heavy atom. The Hall–Kier alpha value is -1.08. The van der Waals surface area contributed by atoms with E-state index < -0.39 is 0 Å². The lowest BCUT2D eigenvalue weighted by molar-refractivity contribution is 0.246. The second-order valence-electron chi connectivity index (χ2n) is 8.09. The molecule has 3 unspecified atom stereocenters. The third kappa shape index (κ3) is 1.53. The molecule has 0 N–H and O–H groups in total. The van der Waals surface area contributed by atoms with E-state index in [0.29, 0.717) is 10.8 Å². The maximum Gasteiger partial charge on any atom is 0.0178 e. The molecule has 2 saturated carbocycles. The van der Waals surface area contributed by atoms with Crippen molar-refractivity contribution in [1.29, 1.82) is 0 Å². The third-order valence-electron chi connectivity index (χ3n) is 7.32. The van der Waals surface area contributed by atoms with Crippen molar-refractivity contribution in [3.8, 4) is 11.1 Å². The number of rotatable bonds is 0. The van der Waals surface area contributed by atoms with Crippen molar-refractivity contribution in [2.75, 3.05) is 0 Å². The van der Waals surface area contributed by atoms with Crippen molar-refractivity contribution in [2.45, 2.75) is 56.8 Å². The van der Waals surface area contributed by atoms with Gasteiger partial charge in [0.05, 0.1) is 0 Å². The zero-order chi connectivity index (χ0) is 15.8. The van der Waals surface area contributed by atoms with Crippen molar-refractivity contribution in [3.05, 3.63) is 57.6 Å². The van der Waals surface area contributed by atoms with Gasteiger partial charge in [-0.2, -0.15) is 0 Å². The lowest BCUT2D eigenvalue weighted by Crippen LogP contribution is -2.46. The summed E-state index contributed by atoms with van der Waals surface area (Å²) in [6, 6.07) is 14.2. The summed E-state index contributed by atoms with van der Waals surface area (Å²) in [7, 11) is 0. The average molecular weight is 367 g/mol. The highest BCUT2D eigenvalue weighted by molar-refractivity contribution is 9.10. The van der Waals surface area contributed by atoms with Gasteiger partial charge in [0.25, 0.3) is 0 Å². The highest BCUT2D eigenvalue weighted by Gasteiger charge is 2.65. The first-order valence-electron chi connectivity index (χ1n) is 9.00. The maximum absolute atomic E-state index is 3.75. The molecule has 2 aromatic carbocycles. The molecule has 1 heteroatoms. The maximum atomic E-state index is 3.75. The fourth-order valence-corrected chi connectivity index (χ4v) is 6.84. The Morgan fingerprint density at radius 2 is 1.74 bits per heavy atom. The SMILES string of the molecule is Cc1ccc2c(c1)C13CCCC1(CCC3C)c1cc(Br)ccc1-2. The largest absolute Gasteiger partial charge is 0.0616 e. The van der Waals surface area contributed by atoms with E-state index in [-0.39, 0.29) is 0 Å². The molecule has 0 bridgehead atoms. The van der Waals surface area contributed by atoms with Crippen LogP contribution in [0.15, 0.2) is 40.9 Å². The summed E-state index contributed by atoms with van der Waals surface area (Å²) in [5.74, 6) is 0.790. The van der Waals surface area contributed by atoms with Crippen molar-refractivity contribution >= 4 is 15.9 Å². The van der Waals surface area contributed by atoms with Gasteiger partial charge in [0.15, 0.2) is 0 Å². The minimum Gasteiger partial charge on any atom is -0.0616 e. The van der Waals surface area contributed by atoms with Crippen LogP contribution in [0.3, 0.4) is 0 Å². The van der Waals surface area contributed by atoms with E-state index in [2.05, 4.69) is 66.2 Å². The first kappa shape index (κ1) is 14.3. The fraction of sp³-hybridized carbons (Fsp3) is 0.455. The van der Waals surface area contributed by atoms with Crippen molar-refractivity contribution in [1.82, 2.24) is 0 Å². The topological polar surface area (TPSA) is 0 Å². The molecule has 23 heavy (non-hydrogen) atoms. The molecule has 2 fully saturated rings. The minimum absolute atomic E-state index is 0.377. The van der Waals surface area contributed by atoms with E-state index in [9.17, 15) is 0 Å². The van der Waals surface area contributed by atoms with Crippen LogP contribution in [0.4, 0.5) is 0 Å². The lowest BCUT2D eigenvalue weighted by Gasteiger charge is -2.50. The van der Waals surface area contributed by atoms with E-state index >= 15 is 0 Å². The van der Waals surface area contributed by atoms with Crippen LogP contribution in [0.2, 0.25) is 0 Å². The van der Waals surface area contributed by atoms with E-state index in [0.717, 1.165) is 5.92 Å². The highest BCUT2D eigenvalue weighted by atomic mass is 79.9. The van der Waals surface area contributed by atoms with Crippen molar-refractivity contribution in [2.24, 2.45) is 5.92 Å². The molecule has 0 spiro atoms. The number of halogens is 1. The number of hydrogen-bond donors (Lipinski definition) is 0. The molecular formula is C22H23Br. The Bertz CT molecular complexity index is 821. The zero-order valence-corrected chi connectivity index (χ0v) is 15.5. The predicted octanol–water partition coefficient (Wildman–Crippen LogP) is 6.53. The summed E-state index contributed by atoms with van der Waals surface area (Å²) in [5.41, 5.74) is 8.46. The van der Waals surface area contributed by atoms with Crippen LogP contribution in [0.5, 0.6) is 0 Å². The zero-order valence-electron chi connectivity index (χ0n) is 14.0. The Morgan fingerprint density at radius 3 is 2.61 bits per heavy atom. The van der Waals surface area contributed by atoms with Crippen LogP contribution in [0.1, 0.15) is 55.7 Å². The van der Waals surface area contributed by atoms with Crippen LogP contribution in [-0.2, 0) is 10.8 Å². The van der Waals surface area contributed by atoms with Gasteiger partial charge in [-0.25, -0.2) is 0 Å². The molecule has 0 saturated heterocycles. The second-order valence-corrected chi connectivity index (χ2v) is 9.00. The molecule has 3 aliphatic carbocycles. The Balaban J connectivity index is 1.95. The first-order chi connectivity index (χ1) is 11.1. The van der Waals surface area contributed by atoms with Crippen molar-refractivity contribution in [3.63, 3.8) is 0 Å². The molecule has 0 heterocycles. The van der Waals surface area contributed by atoms with Crippen LogP contribution in [-0.4, -0.2) is 0 Å². The van der Waals surface area contributed by atoms with Gasteiger partial charge < -0.3 is 0 Å². The monoisotopic (exact) mass is 366 g/mol. The summed E-state index contributed by atoms with van der Waals surface area (Å²) in [4.78, 5) is 0. The molecule has 3 aliphatic rings. The first-order valence-corrected chi connectivity index (χ1v) is 9.79. The van der Waals surface area contributed by atoms with Gasteiger partial charge in [-0.1, -0.05) is 59.1 Å². The van der Waals surface area contributed by atoms with Crippen LogP contribution in [0, 0.1) is 12.8 Å². The van der Waals surface area contributed by atoms with E-state index in [1.54, 1.807) is 11.1 Å². The van der Waals surface area contributed by atoms with Crippen LogP contribution >= 0.6 is 15.9 Å². The number of aryl methyl sites for hydroxylation is 1. The van der Waals surface area contributed by atoms with Gasteiger partial charge in [0.1, 0.15) is 0 Å². The van der Waals surface area contributed by atoms with Crippen LogP contribution in [0.25, 0.3) is 11.1 Å². The van der Waals surface area contributed by atoms with E-state index in [4.69, 9.17) is 0 Å². The summed E-state index contributed by atoms with van der Waals surface area (Å²) in [5, 5.41) is 0. The molecule has 2 aromatic rings. The van der Waals surface area contributed by atoms with Gasteiger partial charge in [-0.05, 0) is 72.9 Å². The summed E-state index contributed by atoms with van der Waals surface area (Å²) in [6.07, 6.45) is 6.86. The summed E-state index contributed by atoms with van der Waals surface area (Å²) >= 11 is 3.75. The molecule has 5 rings (SSSR count). The van der Waals surface area contributed by atoms with Gasteiger partial charge in [0, 0.05) is 15.3 Å².